The summed E-state index contributed by atoms with van der Waals surface area (Å²) in [6, 6.07) is 4.14. The van der Waals surface area contributed by atoms with Crippen LogP contribution in [0.2, 0.25) is 5.02 Å². The van der Waals surface area contributed by atoms with Gasteiger partial charge in [0.1, 0.15) is 35.8 Å². The van der Waals surface area contributed by atoms with E-state index >= 15 is 0 Å². The summed E-state index contributed by atoms with van der Waals surface area (Å²) in [4.78, 5) is 11.6. The van der Waals surface area contributed by atoms with E-state index in [1.54, 1.807) is 6.07 Å². The average Bonchev–Trinajstić information content (AvgIpc) is 3.38. The van der Waals surface area contributed by atoms with Gasteiger partial charge in [-0.2, -0.15) is 4.98 Å². The highest BCUT2D eigenvalue weighted by Crippen LogP contribution is 2.31. The molecule has 8 nitrogen and oxygen atoms in total. The molecule has 12 heteroatoms. The van der Waals surface area contributed by atoms with Crippen molar-refractivity contribution in [3.63, 3.8) is 0 Å². The first-order valence-electron chi connectivity index (χ1n) is 9.40. The van der Waals surface area contributed by atoms with Gasteiger partial charge in [0.15, 0.2) is 11.8 Å². The molecule has 2 saturated heterocycles. The van der Waals surface area contributed by atoms with Crippen LogP contribution in [0, 0.1) is 11.6 Å². The molecule has 2 fully saturated rings. The molecule has 2 aliphatic heterocycles. The number of rotatable bonds is 5. The number of nitrogens with one attached hydrogen (secondary N) is 2. The van der Waals surface area contributed by atoms with Gasteiger partial charge in [-0.3, -0.25) is 0 Å². The maximum Gasteiger partial charge on any atom is 0.296 e. The normalized spacial score (nSPS) is 25.2. The Balaban J connectivity index is 1.33. The molecular formula is C19H16BrClF2N4O4. The summed E-state index contributed by atoms with van der Waals surface area (Å²) in [5.74, 6) is -1.16. The predicted octanol–water partition coefficient (Wildman–Crippen LogP) is 3.17. The Morgan fingerprint density at radius 2 is 1.94 bits per heavy atom. The van der Waals surface area contributed by atoms with Crippen molar-refractivity contribution >= 4 is 44.5 Å². The van der Waals surface area contributed by atoms with E-state index in [1.165, 1.54) is 12.1 Å². The second-order valence-corrected chi connectivity index (χ2v) is 8.58. The molecule has 2 aliphatic rings. The van der Waals surface area contributed by atoms with Crippen molar-refractivity contribution in [1.82, 2.24) is 15.0 Å². The molecule has 3 N–H and O–H groups in total. The molecule has 0 bridgehead atoms. The Kier molecular flexibility index (Phi) is 5.47. The Bertz CT molecular complexity index is 1130. The molecule has 4 heterocycles. The van der Waals surface area contributed by atoms with Gasteiger partial charge in [0.2, 0.25) is 0 Å². The number of hydrogen-bond donors (Lipinski definition) is 3. The van der Waals surface area contributed by atoms with Gasteiger partial charge >= 0.3 is 0 Å². The summed E-state index contributed by atoms with van der Waals surface area (Å²) < 4.78 is 45.3. The van der Waals surface area contributed by atoms with E-state index in [0.717, 1.165) is 0 Å². The van der Waals surface area contributed by atoms with E-state index in [9.17, 15) is 13.9 Å². The van der Waals surface area contributed by atoms with Crippen LogP contribution in [0.3, 0.4) is 0 Å². The van der Waals surface area contributed by atoms with Gasteiger partial charge in [0, 0.05) is 16.6 Å². The fourth-order valence-corrected chi connectivity index (χ4v) is 4.30. The average molecular weight is 518 g/mol. The Labute approximate surface area is 188 Å². The van der Waals surface area contributed by atoms with Gasteiger partial charge in [0.25, 0.3) is 6.01 Å². The maximum atomic E-state index is 14.0. The van der Waals surface area contributed by atoms with E-state index in [0.29, 0.717) is 15.6 Å². The van der Waals surface area contributed by atoms with E-state index in [4.69, 9.17) is 25.8 Å². The lowest BCUT2D eigenvalue weighted by Gasteiger charge is -2.15. The topological polar surface area (TPSA) is 102 Å². The molecule has 0 unspecified atom stereocenters. The van der Waals surface area contributed by atoms with Gasteiger partial charge < -0.3 is 29.6 Å². The number of H-pyrrole nitrogens is 1. The van der Waals surface area contributed by atoms with E-state index < -0.39 is 29.9 Å². The van der Waals surface area contributed by atoms with Gasteiger partial charge in [0.05, 0.1) is 23.8 Å². The highest BCUT2D eigenvalue weighted by atomic mass is 79.9. The molecular weight excluding hydrogens is 502 g/mol. The number of aromatic amines is 1. The van der Waals surface area contributed by atoms with Crippen LogP contribution in [-0.4, -0.2) is 57.7 Å². The monoisotopic (exact) mass is 516 g/mol. The maximum absolute atomic E-state index is 14.0. The number of imidazole rings is 1. The molecule has 0 radical (unpaired) electrons. The second kappa shape index (κ2) is 8.14. The molecule has 1 aromatic carbocycles. The van der Waals surface area contributed by atoms with Crippen LogP contribution in [0.15, 0.2) is 22.7 Å². The molecule has 0 amide bonds. The van der Waals surface area contributed by atoms with Gasteiger partial charge in [-0.05, 0) is 18.2 Å². The fourth-order valence-electron chi connectivity index (χ4n) is 3.68. The molecule has 0 spiro atoms. The quantitative estimate of drug-likeness (QED) is 0.478. The number of ether oxygens (including phenoxy) is 3. The van der Waals surface area contributed by atoms with Crippen LogP contribution in [0.25, 0.3) is 11.2 Å². The first-order valence-corrected chi connectivity index (χ1v) is 10.6. The summed E-state index contributed by atoms with van der Waals surface area (Å²) in [6.07, 6.45) is -1.91. The van der Waals surface area contributed by atoms with Crippen LogP contribution in [0.4, 0.5) is 14.6 Å². The number of pyridine rings is 1. The van der Waals surface area contributed by atoms with Crippen molar-refractivity contribution < 1.29 is 28.1 Å². The third-order valence-electron chi connectivity index (χ3n) is 5.19. The van der Waals surface area contributed by atoms with Crippen molar-refractivity contribution in [1.29, 1.82) is 0 Å². The summed E-state index contributed by atoms with van der Waals surface area (Å²) >= 11 is 9.31. The molecule has 3 aromatic rings. The van der Waals surface area contributed by atoms with Crippen LogP contribution in [0.1, 0.15) is 5.56 Å². The number of nitrogens with zero attached hydrogens (tertiary/aromatic N) is 2. The first kappa shape index (κ1) is 20.8. The SMILES string of the molecule is O[C@@H]1CO[C@H]2[C@@H]1OC[C@H]2Oc1nc2nc(NCc3c(F)cc(Br)cc3F)c(Cl)cc2[nH]1. The summed E-state index contributed by atoms with van der Waals surface area (Å²) in [5.41, 5.74) is 0.692. The third kappa shape index (κ3) is 3.96. The summed E-state index contributed by atoms with van der Waals surface area (Å²) in [5, 5.41) is 12.9. The number of anilines is 1. The largest absolute Gasteiger partial charge is 0.456 e. The fraction of sp³-hybridized carbons (Fsp3) is 0.368. The molecule has 0 saturated carbocycles. The number of aliphatic hydroxyl groups is 1. The van der Waals surface area contributed by atoms with E-state index in [2.05, 4.69) is 36.2 Å². The van der Waals surface area contributed by atoms with Crippen LogP contribution in [-0.2, 0) is 16.0 Å². The first-order chi connectivity index (χ1) is 14.9. The number of aromatic nitrogens is 3. The number of aliphatic hydroxyl groups excluding tert-OH is 1. The molecule has 2 aromatic heterocycles. The standard InChI is InChI=1S/C19H16BrClF2N4O4/c20-7-1-10(22)8(11(23)2-7)4-24-17-9(21)3-12-18(26-17)27-19(25-12)31-14-6-30-15-13(28)5-29-16(14)15/h1-3,13-16,28H,4-6H2,(H2,24,25,26,27)/t13-,14-,15-,16-/m1/s1. The molecule has 0 aliphatic carbocycles. The van der Waals surface area contributed by atoms with Crippen LogP contribution in [0.5, 0.6) is 6.01 Å². The lowest BCUT2D eigenvalue weighted by atomic mass is 10.1. The molecule has 5 rings (SSSR count). The number of halogens is 4. The summed E-state index contributed by atoms with van der Waals surface area (Å²) in [6.45, 7) is 0.301. The number of benzene rings is 1. The van der Waals surface area contributed by atoms with E-state index in [1.807, 2.05) is 0 Å². The van der Waals surface area contributed by atoms with Gasteiger partial charge in [-0.1, -0.05) is 27.5 Å². The second-order valence-electron chi connectivity index (χ2n) is 7.25. The molecule has 31 heavy (non-hydrogen) atoms. The number of hydrogen-bond acceptors (Lipinski definition) is 7. The number of fused-ring (bicyclic) bond motifs is 2. The minimum atomic E-state index is -0.691. The minimum absolute atomic E-state index is 0.137. The van der Waals surface area contributed by atoms with Gasteiger partial charge in [-0.25, -0.2) is 13.8 Å². The van der Waals surface area contributed by atoms with Crippen molar-refractivity contribution in [2.75, 3.05) is 18.5 Å². The molecule has 4 atom stereocenters. The minimum Gasteiger partial charge on any atom is -0.456 e. The molecule has 164 valence electrons. The smallest absolute Gasteiger partial charge is 0.296 e. The van der Waals surface area contributed by atoms with E-state index in [-0.39, 0.29) is 48.3 Å². The highest BCUT2D eigenvalue weighted by Gasteiger charge is 2.48. The van der Waals surface area contributed by atoms with Crippen molar-refractivity contribution in [3.05, 3.63) is 44.9 Å². The zero-order chi connectivity index (χ0) is 21.7. The predicted molar refractivity (Wildman–Crippen MR) is 110 cm³/mol. The zero-order valence-electron chi connectivity index (χ0n) is 15.7. The lowest BCUT2D eigenvalue weighted by Crippen LogP contribution is -2.34. The lowest BCUT2D eigenvalue weighted by molar-refractivity contribution is 0.00706. The van der Waals surface area contributed by atoms with Crippen molar-refractivity contribution in [2.24, 2.45) is 0 Å². The Hall–Kier alpha value is -2.05. The van der Waals surface area contributed by atoms with Crippen LogP contribution < -0.4 is 10.1 Å². The Morgan fingerprint density at radius 1 is 1.19 bits per heavy atom. The highest BCUT2D eigenvalue weighted by molar-refractivity contribution is 9.10. The van der Waals surface area contributed by atoms with Gasteiger partial charge in [-0.15, -0.1) is 0 Å². The summed E-state index contributed by atoms with van der Waals surface area (Å²) in [7, 11) is 0. The third-order valence-corrected chi connectivity index (χ3v) is 5.93. The van der Waals surface area contributed by atoms with Crippen LogP contribution >= 0.6 is 27.5 Å². The zero-order valence-corrected chi connectivity index (χ0v) is 18.1. The van der Waals surface area contributed by atoms with Crippen molar-refractivity contribution in [3.8, 4) is 6.01 Å². The van der Waals surface area contributed by atoms with Crippen molar-refractivity contribution in [2.45, 2.75) is 31.0 Å². The Morgan fingerprint density at radius 3 is 2.71 bits per heavy atom.